The predicted molar refractivity (Wildman–Crippen MR) is 186 cm³/mol. The number of aliphatic hydroxyl groups excluding tert-OH is 1. The number of aromatic nitrogens is 4. The number of hydrogen-bond donors (Lipinski definition) is 3. The lowest BCUT2D eigenvalue weighted by molar-refractivity contribution is -0.0800. The van der Waals surface area contributed by atoms with E-state index in [9.17, 15) is 14.7 Å². The topological polar surface area (TPSA) is 141 Å². The molecule has 0 amide bonds. The summed E-state index contributed by atoms with van der Waals surface area (Å²) in [6, 6.07) is 35.3. The molecular formula is C39H31N5O6. The second kappa shape index (κ2) is 12.8. The average Bonchev–Trinajstić information content (AvgIpc) is 3.69. The van der Waals surface area contributed by atoms with Crippen molar-refractivity contribution < 1.29 is 24.1 Å². The number of ether oxygens (including phenoxy) is 3. The Morgan fingerprint density at radius 1 is 0.980 bits per heavy atom. The molecule has 2 aromatic heterocycles. The van der Waals surface area contributed by atoms with Crippen molar-refractivity contribution in [3.63, 3.8) is 0 Å². The van der Waals surface area contributed by atoms with Crippen molar-refractivity contribution in [1.82, 2.24) is 19.5 Å². The Morgan fingerprint density at radius 3 is 2.14 bits per heavy atom. The number of esters is 1. The van der Waals surface area contributed by atoms with Crippen LogP contribution in [0.25, 0.3) is 11.2 Å². The highest BCUT2D eigenvalue weighted by Gasteiger charge is 2.58. The second-order valence-corrected chi connectivity index (χ2v) is 11.6. The van der Waals surface area contributed by atoms with Crippen molar-refractivity contribution in [3.8, 4) is 18.1 Å². The number of terminal acetylenes is 1. The summed E-state index contributed by atoms with van der Waals surface area (Å²) in [5, 5.41) is 14.8. The molecular weight excluding hydrogens is 634 g/mol. The summed E-state index contributed by atoms with van der Waals surface area (Å²) >= 11 is 0. The van der Waals surface area contributed by atoms with Crippen molar-refractivity contribution >= 4 is 23.1 Å². The van der Waals surface area contributed by atoms with Gasteiger partial charge in [0.05, 0.1) is 12.7 Å². The van der Waals surface area contributed by atoms with E-state index in [0.29, 0.717) is 5.75 Å². The van der Waals surface area contributed by atoms with Crippen LogP contribution in [0.5, 0.6) is 5.75 Å². The fourth-order valence-corrected chi connectivity index (χ4v) is 6.27. The van der Waals surface area contributed by atoms with Gasteiger partial charge in [-0.25, -0.2) is 9.78 Å². The summed E-state index contributed by atoms with van der Waals surface area (Å²) in [5.74, 6) is 2.26. The number of fused-ring (bicyclic) bond motifs is 1. The molecule has 6 aromatic rings. The predicted octanol–water partition coefficient (Wildman–Crippen LogP) is 5.16. The summed E-state index contributed by atoms with van der Waals surface area (Å²) in [5.41, 5.74) is -0.990. The summed E-state index contributed by atoms with van der Waals surface area (Å²) in [6.07, 6.45) is 4.29. The molecule has 1 saturated heterocycles. The van der Waals surface area contributed by atoms with Crippen LogP contribution in [0, 0.1) is 12.3 Å². The minimum absolute atomic E-state index is 0.0408. The highest BCUT2D eigenvalue weighted by molar-refractivity contribution is 5.90. The molecule has 0 saturated carbocycles. The first-order chi connectivity index (χ1) is 24.3. The van der Waals surface area contributed by atoms with Gasteiger partial charge in [-0.15, -0.1) is 6.42 Å². The molecule has 1 fully saturated rings. The summed E-state index contributed by atoms with van der Waals surface area (Å²) in [7, 11) is 1.60. The van der Waals surface area contributed by atoms with E-state index in [2.05, 4.69) is 27.8 Å². The monoisotopic (exact) mass is 665 g/mol. The van der Waals surface area contributed by atoms with Crippen LogP contribution in [0.1, 0.15) is 33.3 Å². The first-order valence-corrected chi connectivity index (χ1v) is 15.6. The molecule has 7 rings (SSSR count). The van der Waals surface area contributed by atoms with Gasteiger partial charge in [-0.3, -0.25) is 14.3 Å². The lowest BCUT2D eigenvalue weighted by Gasteiger charge is -2.37. The van der Waals surface area contributed by atoms with Crippen molar-refractivity contribution in [2.75, 3.05) is 12.4 Å². The number of carbonyl (C=O) groups is 1. The average molecular weight is 666 g/mol. The lowest BCUT2D eigenvalue weighted by atomic mass is 9.77. The Hall–Kier alpha value is -6.64. The number of carbonyl (C=O) groups excluding carboxylic acids is 1. The molecule has 11 nitrogen and oxygen atoms in total. The number of benzene rings is 4. The number of imidazole rings is 1. The smallest absolute Gasteiger partial charge is 0.339 e. The Labute approximate surface area is 286 Å². The van der Waals surface area contributed by atoms with Gasteiger partial charge in [0.25, 0.3) is 11.2 Å². The third-order valence-corrected chi connectivity index (χ3v) is 8.77. The standard InChI is InChI=1S/C39H31N5O6/c1-4-38(50-35(47)26-14-8-5-9-15-26)32(45)25(2)49-36(38)44-24-40-31-33(44)41-37(42-34(31)46)43-39(27-16-10-6-11-17-27,28-18-12-7-13-19-28)29-20-22-30(48-3)23-21-29/h1,5-24,32,36,45H,2H2,3H3,(H2,41,42,43,46)/t32-,36-,38-/m1/s1. The van der Waals surface area contributed by atoms with Crippen LogP contribution in [-0.2, 0) is 15.0 Å². The fraction of sp³-hybridized carbons (Fsp3) is 0.128. The maximum Gasteiger partial charge on any atom is 0.339 e. The molecule has 11 heteroatoms. The molecule has 1 aliphatic heterocycles. The number of rotatable bonds is 9. The number of aliphatic hydroxyl groups is 1. The number of methoxy groups -OCH3 is 1. The highest BCUT2D eigenvalue weighted by atomic mass is 16.6. The SMILES string of the molecule is C#C[C@@]1(OC(=O)c2ccccc2)[C@H](O)C(=C)O[C@H]1n1cnc2c(=O)[nH]c(NC(c3ccccc3)(c3ccccc3)c3ccc(OC)cc3)nc21. The number of anilines is 1. The van der Waals surface area contributed by atoms with E-state index in [0.717, 1.165) is 16.7 Å². The Balaban J connectivity index is 1.39. The third kappa shape index (κ3) is 5.24. The molecule has 50 heavy (non-hydrogen) atoms. The van der Waals surface area contributed by atoms with Crippen molar-refractivity contribution in [1.29, 1.82) is 0 Å². The largest absolute Gasteiger partial charge is 0.497 e. The van der Waals surface area contributed by atoms with Gasteiger partial charge < -0.3 is 24.6 Å². The van der Waals surface area contributed by atoms with Gasteiger partial charge in [-0.05, 0) is 46.9 Å². The molecule has 3 atom stereocenters. The third-order valence-electron chi connectivity index (χ3n) is 8.77. The van der Waals surface area contributed by atoms with E-state index in [1.807, 2.05) is 84.9 Å². The number of aromatic amines is 1. The Morgan fingerprint density at radius 2 is 1.56 bits per heavy atom. The van der Waals surface area contributed by atoms with Crippen LogP contribution in [0.2, 0.25) is 0 Å². The quantitative estimate of drug-likeness (QED) is 0.108. The van der Waals surface area contributed by atoms with Gasteiger partial charge >= 0.3 is 5.97 Å². The van der Waals surface area contributed by atoms with Gasteiger partial charge in [-0.1, -0.05) is 97.6 Å². The zero-order chi connectivity index (χ0) is 34.9. The van der Waals surface area contributed by atoms with Crippen LogP contribution in [0.15, 0.2) is 139 Å². The minimum atomic E-state index is -2.09. The van der Waals surface area contributed by atoms with E-state index >= 15 is 0 Å². The zero-order valence-corrected chi connectivity index (χ0v) is 26.8. The van der Waals surface area contributed by atoms with Gasteiger partial charge in [0.15, 0.2) is 17.3 Å². The minimum Gasteiger partial charge on any atom is -0.497 e. The molecule has 0 aliphatic carbocycles. The first kappa shape index (κ1) is 31.9. The molecule has 0 spiro atoms. The molecule has 248 valence electrons. The van der Waals surface area contributed by atoms with Crippen molar-refractivity contribution in [2.45, 2.75) is 23.5 Å². The van der Waals surface area contributed by atoms with Crippen LogP contribution in [0.3, 0.4) is 0 Å². The molecule has 3 heterocycles. The molecule has 1 aliphatic rings. The van der Waals surface area contributed by atoms with Gasteiger partial charge in [-0.2, -0.15) is 4.98 Å². The first-order valence-electron chi connectivity index (χ1n) is 15.6. The maximum absolute atomic E-state index is 13.7. The van der Waals surface area contributed by atoms with Crippen LogP contribution in [0.4, 0.5) is 5.95 Å². The number of nitrogens with one attached hydrogen (secondary N) is 2. The molecule has 0 bridgehead atoms. The Bertz CT molecular complexity index is 2240. The summed E-state index contributed by atoms with van der Waals surface area (Å²) in [4.78, 5) is 38.9. The number of nitrogens with zero attached hydrogens (tertiary/aromatic N) is 3. The van der Waals surface area contributed by atoms with E-state index in [1.54, 1.807) is 37.4 Å². The van der Waals surface area contributed by atoms with E-state index < -0.39 is 35.0 Å². The Kier molecular flexibility index (Phi) is 8.15. The van der Waals surface area contributed by atoms with Crippen LogP contribution < -0.4 is 15.6 Å². The van der Waals surface area contributed by atoms with E-state index in [4.69, 9.17) is 25.6 Å². The van der Waals surface area contributed by atoms with Gasteiger partial charge in [0, 0.05) is 0 Å². The van der Waals surface area contributed by atoms with Crippen molar-refractivity contribution in [3.05, 3.63) is 167 Å². The highest BCUT2D eigenvalue weighted by Crippen LogP contribution is 2.44. The van der Waals surface area contributed by atoms with Crippen LogP contribution in [-0.4, -0.2) is 49.4 Å². The van der Waals surface area contributed by atoms with E-state index in [1.165, 1.54) is 10.9 Å². The summed E-state index contributed by atoms with van der Waals surface area (Å²) in [6.45, 7) is 3.79. The molecule has 0 unspecified atom stereocenters. The zero-order valence-electron chi connectivity index (χ0n) is 26.8. The molecule has 0 radical (unpaired) electrons. The van der Waals surface area contributed by atoms with Gasteiger partial charge in [0.1, 0.15) is 23.4 Å². The maximum atomic E-state index is 13.7. The van der Waals surface area contributed by atoms with Gasteiger partial charge in [0.2, 0.25) is 12.2 Å². The molecule has 4 aromatic carbocycles. The van der Waals surface area contributed by atoms with Crippen LogP contribution >= 0.6 is 0 Å². The molecule has 3 N–H and O–H groups in total. The summed E-state index contributed by atoms with van der Waals surface area (Å²) < 4.78 is 18.6. The van der Waals surface area contributed by atoms with Crippen molar-refractivity contribution in [2.24, 2.45) is 0 Å². The fourth-order valence-electron chi connectivity index (χ4n) is 6.27. The normalized spacial score (nSPS) is 18.6. The van der Waals surface area contributed by atoms with E-state index in [-0.39, 0.29) is 28.4 Å². The lowest BCUT2D eigenvalue weighted by Crippen LogP contribution is -2.47. The number of hydrogen-bond acceptors (Lipinski definition) is 9. The second-order valence-electron chi connectivity index (χ2n) is 11.6. The number of H-pyrrole nitrogens is 1.